The first kappa shape index (κ1) is 19.6. The van der Waals surface area contributed by atoms with Gasteiger partial charge in [-0.25, -0.2) is 9.18 Å². The quantitative estimate of drug-likeness (QED) is 0.736. The van der Waals surface area contributed by atoms with Gasteiger partial charge in [-0.15, -0.1) is 0 Å². The zero-order valence-electron chi connectivity index (χ0n) is 15.9. The van der Waals surface area contributed by atoms with Crippen LogP contribution in [0.5, 0.6) is 0 Å². The zero-order valence-corrected chi connectivity index (χ0v) is 15.9. The molecule has 1 saturated carbocycles. The molecule has 7 heteroatoms. The number of likely N-dealkylation sites (tertiary alicyclic amines) is 1. The van der Waals surface area contributed by atoms with E-state index in [1.165, 1.54) is 57.4 Å². The number of anilines is 2. The molecular formula is C20H29FN4O2. The number of nitrogens with one attached hydrogen (secondary N) is 3. The highest BCUT2D eigenvalue weighted by Gasteiger charge is 2.24. The number of hydrogen-bond acceptors (Lipinski definition) is 3. The molecule has 148 valence electrons. The van der Waals surface area contributed by atoms with Gasteiger partial charge in [0.15, 0.2) is 0 Å². The van der Waals surface area contributed by atoms with Gasteiger partial charge in [-0.05, 0) is 49.8 Å². The van der Waals surface area contributed by atoms with E-state index in [0.29, 0.717) is 5.69 Å². The van der Waals surface area contributed by atoms with Crippen molar-refractivity contribution in [2.45, 2.75) is 51.5 Å². The fourth-order valence-electron chi connectivity index (χ4n) is 4.06. The van der Waals surface area contributed by atoms with E-state index in [-0.39, 0.29) is 23.7 Å². The topological polar surface area (TPSA) is 73.5 Å². The molecule has 3 N–H and O–H groups in total. The van der Waals surface area contributed by atoms with Gasteiger partial charge in [0, 0.05) is 38.3 Å². The van der Waals surface area contributed by atoms with Gasteiger partial charge in [0.05, 0.1) is 5.69 Å². The van der Waals surface area contributed by atoms with Crippen LogP contribution in [0.2, 0.25) is 0 Å². The lowest BCUT2D eigenvalue weighted by atomic mass is 10.0. The Balaban J connectivity index is 1.44. The molecule has 0 radical (unpaired) electrons. The van der Waals surface area contributed by atoms with Gasteiger partial charge in [-0.3, -0.25) is 4.79 Å². The van der Waals surface area contributed by atoms with E-state index < -0.39 is 5.82 Å². The van der Waals surface area contributed by atoms with Crippen LogP contribution in [0.25, 0.3) is 0 Å². The van der Waals surface area contributed by atoms with Crippen LogP contribution in [0.3, 0.4) is 0 Å². The molecule has 2 aliphatic rings. The first-order valence-electron chi connectivity index (χ1n) is 9.86. The van der Waals surface area contributed by atoms with Gasteiger partial charge in [-0.1, -0.05) is 12.8 Å². The van der Waals surface area contributed by atoms with Gasteiger partial charge < -0.3 is 20.9 Å². The first-order valence-corrected chi connectivity index (χ1v) is 9.86. The standard InChI is InChI=1S/C20H29FN4O2/c1-14(26)22-19-12-17(6-7-18(19)21)24-20(27)23-16-8-10-25(11-9-16)13-15-4-2-3-5-15/h6-7,12,15-16H,2-5,8-11,13H2,1H3,(H,22,26)(H2,23,24,27). The molecule has 3 amide bonds. The lowest BCUT2D eigenvalue weighted by molar-refractivity contribution is -0.114. The summed E-state index contributed by atoms with van der Waals surface area (Å²) in [6, 6.07) is 3.97. The number of hydrogen-bond donors (Lipinski definition) is 3. The molecule has 0 unspecified atom stereocenters. The third-order valence-electron chi connectivity index (χ3n) is 5.45. The van der Waals surface area contributed by atoms with E-state index in [1.54, 1.807) is 0 Å². The number of nitrogens with zero attached hydrogens (tertiary/aromatic N) is 1. The van der Waals surface area contributed by atoms with E-state index in [1.807, 2.05) is 0 Å². The van der Waals surface area contributed by atoms with Crippen LogP contribution in [0.1, 0.15) is 45.4 Å². The minimum atomic E-state index is -0.536. The number of carbonyl (C=O) groups is 2. The van der Waals surface area contributed by atoms with Crippen LogP contribution in [0, 0.1) is 11.7 Å². The SMILES string of the molecule is CC(=O)Nc1cc(NC(=O)NC2CCN(CC3CCCC3)CC2)ccc1F. The fourth-order valence-corrected chi connectivity index (χ4v) is 4.06. The van der Waals surface area contributed by atoms with Crippen molar-refractivity contribution in [3.8, 4) is 0 Å². The second-order valence-corrected chi connectivity index (χ2v) is 7.70. The molecule has 3 rings (SSSR count). The van der Waals surface area contributed by atoms with Gasteiger partial charge in [0.1, 0.15) is 5.82 Å². The second kappa shape index (κ2) is 9.17. The number of carbonyl (C=O) groups excluding carboxylic acids is 2. The maximum Gasteiger partial charge on any atom is 0.319 e. The number of urea groups is 1. The van der Waals surface area contributed by atoms with Crippen molar-refractivity contribution in [1.82, 2.24) is 10.2 Å². The predicted molar refractivity (Wildman–Crippen MR) is 104 cm³/mol. The molecule has 0 bridgehead atoms. The molecule has 1 aliphatic carbocycles. The van der Waals surface area contributed by atoms with Gasteiger partial charge in [-0.2, -0.15) is 0 Å². The van der Waals surface area contributed by atoms with Gasteiger partial charge in [0.2, 0.25) is 5.91 Å². The Bertz CT molecular complexity index is 668. The maximum absolute atomic E-state index is 13.7. The molecule has 1 aromatic carbocycles. The zero-order chi connectivity index (χ0) is 19.2. The van der Waals surface area contributed by atoms with Crippen molar-refractivity contribution >= 4 is 23.3 Å². The largest absolute Gasteiger partial charge is 0.335 e. The summed E-state index contributed by atoms with van der Waals surface area (Å²) in [5.74, 6) is -0.0419. The summed E-state index contributed by atoms with van der Waals surface area (Å²) in [6.07, 6.45) is 7.35. The van der Waals surface area contributed by atoms with Crippen molar-refractivity contribution in [1.29, 1.82) is 0 Å². The van der Waals surface area contributed by atoms with E-state index in [4.69, 9.17) is 0 Å². The molecule has 27 heavy (non-hydrogen) atoms. The van der Waals surface area contributed by atoms with Crippen LogP contribution in [0.15, 0.2) is 18.2 Å². The Labute approximate surface area is 159 Å². The van der Waals surface area contributed by atoms with Gasteiger partial charge >= 0.3 is 6.03 Å². The number of amides is 3. The van der Waals surface area contributed by atoms with Crippen molar-refractivity contribution in [2.75, 3.05) is 30.3 Å². The summed E-state index contributed by atoms with van der Waals surface area (Å²) in [5.41, 5.74) is 0.497. The molecule has 1 heterocycles. The number of rotatable bonds is 5. The average molecular weight is 376 g/mol. The Morgan fingerprint density at radius 2 is 1.81 bits per heavy atom. The average Bonchev–Trinajstić information content (AvgIpc) is 3.12. The van der Waals surface area contributed by atoms with Crippen molar-refractivity contribution in [2.24, 2.45) is 5.92 Å². The summed E-state index contributed by atoms with van der Waals surface area (Å²) in [5, 5.41) is 8.13. The van der Waals surface area contributed by atoms with E-state index in [9.17, 15) is 14.0 Å². The lowest BCUT2D eigenvalue weighted by Gasteiger charge is -2.33. The molecule has 1 aromatic rings. The molecule has 1 aliphatic heterocycles. The Hall–Kier alpha value is -2.15. The molecule has 2 fully saturated rings. The normalized spacial score (nSPS) is 19.0. The van der Waals surface area contributed by atoms with E-state index in [0.717, 1.165) is 31.8 Å². The van der Waals surface area contributed by atoms with Crippen LogP contribution in [-0.2, 0) is 4.79 Å². The highest BCUT2D eigenvalue weighted by atomic mass is 19.1. The highest BCUT2D eigenvalue weighted by Crippen LogP contribution is 2.26. The van der Waals surface area contributed by atoms with E-state index >= 15 is 0 Å². The summed E-state index contributed by atoms with van der Waals surface area (Å²) in [6.45, 7) is 4.54. The summed E-state index contributed by atoms with van der Waals surface area (Å²) in [4.78, 5) is 25.9. The summed E-state index contributed by atoms with van der Waals surface area (Å²) in [7, 11) is 0. The van der Waals surface area contributed by atoms with Gasteiger partial charge in [0.25, 0.3) is 0 Å². The predicted octanol–water partition coefficient (Wildman–Crippen LogP) is 3.56. The first-order chi connectivity index (χ1) is 13.0. The highest BCUT2D eigenvalue weighted by molar-refractivity contribution is 5.92. The maximum atomic E-state index is 13.7. The smallest absolute Gasteiger partial charge is 0.319 e. The fraction of sp³-hybridized carbons (Fsp3) is 0.600. The molecule has 0 spiro atoms. The molecule has 6 nitrogen and oxygen atoms in total. The molecule has 0 aromatic heterocycles. The Kier molecular flexibility index (Phi) is 6.66. The van der Waals surface area contributed by atoms with Crippen LogP contribution in [0.4, 0.5) is 20.6 Å². The number of benzene rings is 1. The lowest BCUT2D eigenvalue weighted by Crippen LogP contribution is -2.46. The van der Waals surface area contributed by atoms with Crippen molar-refractivity contribution in [3.05, 3.63) is 24.0 Å². The van der Waals surface area contributed by atoms with Crippen LogP contribution in [-0.4, -0.2) is 42.5 Å². The van der Waals surface area contributed by atoms with Crippen molar-refractivity contribution in [3.63, 3.8) is 0 Å². The van der Waals surface area contributed by atoms with Crippen molar-refractivity contribution < 1.29 is 14.0 Å². The third-order valence-corrected chi connectivity index (χ3v) is 5.45. The minimum absolute atomic E-state index is 0.0560. The molecule has 1 saturated heterocycles. The third kappa shape index (κ3) is 5.92. The second-order valence-electron chi connectivity index (χ2n) is 7.70. The minimum Gasteiger partial charge on any atom is -0.335 e. The summed E-state index contributed by atoms with van der Waals surface area (Å²) >= 11 is 0. The monoisotopic (exact) mass is 376 g/mol. The molecular weight excluding hydrogens is 347 g/mol. The Morgan fingerprint density at radius 3 is 2.48 bits per heavy atom. The Morgan fingerprint density at radius 1 is 1.11 bits per heavy atom. The number of halogens is 1. The number of piperidine rings is 1. The summed E-state index contributed by atoms with van der Waals surface area (Å²) < 4.78 is 13.7. The van der Waals surface area contributed by atoms with E-state index in [2.05, 4.69) is 20.9 Å². The van der Waals surface area contributed by atoms with Crippen LogP contribution < -0.4 is 16.0 Å². The van der Waals surface area contributed by atoms with Crippen LogP contribution >= 0.6 is 0 Å². The molecule has 0 atom stereocenters.